The molecule has 0 radical (unpaired) electrons. The van der Waals surface area contributed by atoms with E-state index in [1.807, 2.05) is 0 Å². The molecule has 0 aromatic carbocycles. The minimum atomic E-state index is 0.608. The molecule has 0 amide bonds. The monoisotopic (exact) mass is 344 g/mol. The molecule has 0 unspecified atom stereocenters. The van der Waals surface area contributed by atoms with Crippen LogP contribution < -0.4 is 5.32 Å². The van der Waals surface area contributed by atoms with E-state index >= 15 is 0 Å². The molecule has 0 atom stereocenters. The van der Waals surface area contributed by atoms with E-state index in [0.29, 0.717) is 11.9 Å². The quantitative estimate of drug-likeness (QED) is 0.869. The molecule has 1 aliphatic carbocycles. The van der Waals surface area contributed by atoms with Crippen molar-refractivity contribution in [1.29, 1.82) is 0 Å². The van der Waals surface area contributed by atoms with Crippen molar-refractivity contribution in [2.75, 3.05) is 5.32 Å². The predicted octanol–water partition coefficient (Wildman–Crippen LogP) is 3.16. The van der Waals surface area contributed by atoms with Gasteiger partial charge in [-0.25, -0.2) is 15.0 Å². The highest BCUT2D eigenvalue weighted by molar-refractivity contribution is 14.1. The highest BCUT2D eigenvalue weighted by Crippen LogP contribution is 2.41. The zero-order valence-corrected chi connectivity index (χ0v) is 11.3. The van der Waals surface area contributed by atoms with Crippen molar-refractivity contribution in [3.8, 4) is 0 Å². The van der Waals surface area contributed by atoms with Gasteiger partial charge in [0.25, 0.3) is 0 Å². The van der Waals surface area contributed by atoms with E-state index < -0.39 is 0 Å². The minimum Gasteiger partial charge on any atom is -0.300 e. The second kappa shape index (κ2) is 4.25. The maximum atomic E-state index is 4.52. The number of nitrogens with one attached hydrogen (secondary N) is 1. The summed E-state index contributed by atoms with van der Waals surface area (Å²) in [7, 11) is 0. The first-order valence-electron chi connectivity index (χ1n) is 5.01. The fraction of sp³-hybridized carbons (Fsp3) is 0.300. The van der Waals surface area contributed by atoms with Crippen LogP contribution in [0.1, 0.15) is 24.5 Å². The lowest BCUT2D eigenvalue weighted by Gasteiger charge is -1.99. The largest absolute Gasteiger partial charge is 0.300 e. The highest BCUT2D eigenvalue weighted by atomic mass is 127. The van der Waals surface area contributed by atoms with Gasteiger partial charge in [0, 0.05) is 27.3 Å². The molecule has 3 rings (SSSR count). The number of nitrogens with zero attached hydrogens (tertiary/aromatic N) is 3. The topological polar surface area (TPSA) is 50.7 Å². The molecule has 1 aliphatic rings. The molecule has 2 aromatic rings. The summed E-state index contributed by atoms with van der Waals surface area (Å²) in [5.74, 6) is 1.31. The smallest absolute Gasteiger partial charge is 0.228 e. The molecule has 4 nitrogen and oxygen atoms in total. The molecule has 1 N–H and O–H groups in total. The van der Waals surface area contributed by atoms with Gasteiger partial charge < -0.3 is 5.32 Å². The van der Waals surface area contributed by atoms with Crippen LogP contribution in [0.25, 0.3) is 0 Å². The Kier molecular flexibility index (Phi) is 2.76. The second-order valence-corrected chi connectivity index (χ2v) is 5.81. The maximum Gasteiger partial charge on any atom is 0.228 e. The van der Waals surface area contributed by atoms with E-state index in [4.69, 9.17) is 0 Å². The predicted molar refractivity (Wildman–Crippen MR) is 72.1 cm³/mol. The number of halogens is 1. The van der Waals surface area contributed by atoms with Crippen LogP contribution in [-0.2, 0) is 0 Å². The van der Waals surface area contributed by atoms with E-state index in [2.05, 4.69) is 48.2 Å². The Bertz CT molecular complexity index is 492. The summed E-state index contributed by atoms with van der Waals surface area (Å²) in [6.45, 7) is 0. The molecule has 0 saturated heterocycles. The Balaban J connectivity index is 1.75. The van der Waals surface area contributed by atoms with Gasteiger partial charge in [0.1, 0.15) is 0 Å². The van der Waals surface area contributed by atoms with E-state index in [0.717, 1.165) is 8.70 Å². The van der Waals surface area contributed by atoms with Crippen molar-refractivity contribution in [3.63, 3.8) is 0 Å². The molecule has 0 bridgehead atoms. The lowest BCUT2D eigenvalue weighted by atomic mass is 10.3. The van der Waals surface area contributed by atoms with Gasteiger partial charge in [0.05, 0.1) is 5.69 Å². The van der Waals surface area contributed by atoms with Crippen molar-refractivity contribution in [3.05, 3.63) is 27.0 Å². The SMILES string of the molecule is Ic1cnc(Nc2nc(C3CC3)cs2)nc1. The normalized spacial score (nSPS) is 15.1. The molecular formula is C10H9IN4S. The van der Waals surface area contributed by atoms with Gasteiger partial charge in [-0.1, -0.05) is 0 Å². The summed E-state index contributed by atoms with van der Waals surface area (Å²) in [4.78, 5) is 12.9. The van der Waals surface area contributed by atoms with Crippen molar-refractivity contribution < 1.29 is 0 Å². The van der Waals surface area contributed by atoms with Gasteiger partial charge in [-0.15, -0.1) is 11.3 Å². The summed E-state index contributed by atoms with van der Waals surface area (Å²) in [5, 5.41) is 6.11. The molecule has 2 aromatic heterocycles. The first kappa shape index (κ1) is 10.4. The first-order valence-corrected chi connectivity index (χ1v) is 6.97. The second-order valence-electron chi connectivity index (χ2n) is 3.70. The number of aromatic nitrogens is 3. The van der Waals surface area contributed by atoms with Gasteiger partial charge in [-0.05, 0) is 35.4 Å². The molecule has 1 saturated carbocycles. The van der Waals surface area contributed by atoms with Crippen LogP contribution in [0.4, 0.5) is 11.1 Å². The number of hydrogen-bond acceptors (Lipinski definition) is 5. The fourth-order valence-corrected chi connectivity index (χ4v) is 2.45. The molecule has 1 fully saturated rings. The Morgan fingerprint density at radius 1 is 1.31 bits per heavy atom. The number of anilines is 2. The average Bonchev–Trinajstić information content (AvgIpc) is 3.04. The number of thiazole rings is 1. The lowest BCUT2D eigenvalue weighted by Crippen LogP contribution is -1.96. The van der Waals surface area contributed by atoms with Gasteiger partial charge in [0.15, 0.2) is 5.13 Å². The summed E-state index contributed by atoms with van der Waals surface area (Å²) in [6.07, 6.45) is 6.13. The molecule has 2 heterocycles. The van der Waals surface area contributed by atoms with Crippen molar-refractivity contribution >= 4 is 45.0 Å². The van der Waals surface area contributed by atoms with Crippen LogP contribution in [0.5, 0.6) is 0 Å². The van der Waals surface area contributed by atoms with Crippen LogP contribution >= 0.6 is 33.9 Å². The van der Waals surface area contributed by atoms with Crippen molar-refractivity contribution in [2.24, 2.45) is 0 Å². The fourth-order valence-electron chi connectivity index (χ4n) is 1.38. The summed E-state index contributed by atoms with van der Waals surface area (Å²) in [5.41, 5.74) is 1.21. The highest BCUT2D eigenvalue weighted by Gasteiger charge is 2.26. The third-order valence-electron chi connectivity index (χ3n) is 2.36. The van der Waals surface area contributed by atoms with Crippen molar-refractivity contribution in [1.82, 2.24) is 15.0 Å². The Hall–Kier alpha value is -0.760. The summed E-state index contributed by atoms with van der Waals surface area (Å²) < 4.78 is 1.03. The van der Waals surface area contributed by atoms with Gasteiger partial charge >= 0.3 is 0 Å². The molecule has 6 heteroatoms. The van der Waals surface area contributed by atoms with Crippen molar-refractivity contribution in [2.45, 2.75) is 18.8 Å². The molecule has 0 spiro atoms. The first-order chi connectivity index (χ1) is 7.81. The summed E-state index contributed by atoms with van der Waals surface area (Å²) >= 11 is 3.80. The molecule has 0 aliphatic heterocycles. The Morgan fingerprint density at radius 2 is 2.06 bits per heavy atom. The summed E-state index contributed by atoms with van der Waals surface area (Å²) in [6, 6.07) is 0. The lowest BCUT2D eigenvalue weighted by molar-refractivity contribution is 1.05. The number of hydrogen-bond donors (Lipinski definition) is 1. The molecule has 82 valence electrons. The Morgan fingerprint density at radius 3 is 2.75 bits per heavy atom. The zero-order chi connectivity index (χ0) is 11.0. The molecule has 16 heavy (non-hydrogen) atoms. The van der Waals surface area contributed by atoms with Crippen LogP contribution in [0.2, 0.25) is 0 Å². The van der Waals surface area contributed by atoms with Crippen LogP contribution in [0.15, 0.2) is 17.8 Å². The van der Waals surface area contributed by atoms with E-state index in [1.165, 1.54) is 18.5 Å². The Labute approximate surface area is 111 Å². The third-order valence-corrected chi connectivity index (χ3v) is 3.69. The minimum absolute atomic E-state index is 0.608. The third kappa shape index (κ3) is 2.32. The van der Waals surface area contributed by atoms with Crippen LogP contribution in [-0.4, -0.2) is 15.0 Å². The van der Waals surface area contributed by atoms with Crippen LogP contribution in [0.3, 0.4) is 0 Å². The van der Waals surface area contributed by atoms with E-state index in [-0.39, 0.29) is 0 Å². The van der Waals surface area contributed by atoms with Gasteiger partial charge in [-0.2, -0.15) is 0 Å². The van der Waals surface area contributed by atoms with E-state index in [1.54, 1.807) is 23.7 Å². The number of rotatable bonds is 3. The zero-order valence-electron chi connectivity index (χ0n) is 8.35. The standard InChI is InChI=1S/C10H9IN4S/c11-7-3-12-9(13-4-7)15-10-14-8(5-16-10)6-1-2-6/h3-6H,1-2H2,(H,12,13,14,15). The average molecular weight is 344 g/mol. The van der Waals surface area contributed by atoms with Crippen LogP contribution in [0, 0.1) is 3.57 Å². The maximum absolute atomic E-state index is 4.52. The molecular weight excluding hydrogens is 335 g/mol. The van der Waals surface area contributed by atoms with E-state index in [9.17, 15) is 0 Å². The van der Waals surface area contributed by atoms with Gasteiger partial charge in [0.2, 0.25) is 5.95 Å². The van der Waals surface area contributed by atoms with Gasteiger partial charge in [-0.3, -0.25) is 0 Å².